The van der Waals surface area contributed by atoms with E-state index in [1.54, 1.807) is 24.6 Å². The van der Waals surface area contributed by atoms with Crippen LogP contribution < -0.4 is 0 Å². The first-order valence-corrected chi connectivity index (χ1v) is 7.87. The SMILES string of the molecule is c1ccc(-c2cnc(CSc3nnc(-c4ccco4)o3)o2)cc1. The Morgan fingerprint density at radius 2 is 1.83 bits per heavy atom. The third-order valence-electron chi connectivity index (χ3n) is 3.07. The average Bonchev–Trinajstić information content (AvgIpc) is 3.33. The molecule has 0 spiro atoms. The highest BCUT2D eigenvalue weighted by Gasteiger charge is 2.13. The molecule has 3 heterocycles. The van der Waals surface area contributed by atoms with Crippen LogP contribution in [-0.4, -0.2) is 15.2 Å². The van der Waals surface area contributed by atoms with E-state index in [1.807, 2.05) is 30.3 Å². The molecule has 6 nitrogen and oxygen atoms in total. The molecule has 7 heteroatoms. The molecule has 3 aromatic heterocycles. The minimum atomic E-state index is 0.356. The number of rotatable bonds is 5. The molecule has 0 amide bonds. The maximum Gasteiger partial charge on any atom is 0.284 e. The van der Waals surface area contributed by atoms with Gasteiger partial charge >= 0.3 is 0 Å². The quantitative estimate of drug-likeness (QED) is 0.507. The standard InChI is InChI=1S/C16H11N3O3S/c1-2-5-11(6-3-1)13-9-17-14(21-13)10-23-16-19-18-15(22-16)12-7-4-8-20-12/h1-9H,10H2. The number of hydrogen-bond acceptors (Lipinski definition) is 7. The molecule has 0 aliphatic rings. The highest BCUT2D eigenvalue weighted by molar-refractivity contribution is 7.98. The second kappa shape index (κ2) is 6.13. The molecule has 4 aromatic rings. The summed E-state index contributed by atoms with van der Waals surface area (Å²) in [5.41, 5.74) is 0.995. The topological polar surface area (TPSA) is 78.1 Å². The summed E-state index contributed by atoms with van der Waals surface area (Å²) in [6.45, 7) is 0. The lowest BCUT2D eigenvalue weighted by Crippen LogP contribution is -1.79. The molecule has 23 heavy (non-hydrogen) atoms. The Hall–Kier alpha value is -2.80. The van der Waals surface area contributed by atoms with Gasteiger partial charge in [0.05, 0.1) is 18.2 Å². The summed E-state index contributed by atoms with van der Waals surface area (Å²) in [7, 11) is 0. The summed E-state index contributed by atoms with van der Waals surface area (Å²) in [5.74, 6) is 2.75. The summed E-state index contributed by atoms with van der Waals surface area (Å²) in [6, 6.07) is 13.4. The Bertz CT molecular complexity index is 884. The van der Waals surface area contributed by atoms with Gasteiger partial charge in [0.2, 0.25) is 5.89 Å². The van der Waals surface area contributed by atoms with Crippen molar-refractivity contribution >= 4 is 11.8 Å². The van der Waals surface area contributed by atoms with E-state index in [-0.39, 0.29) is 0 Å². The molecule has 114 valence electrons. The first-order valence-electron chi connectivity index (χ1n) is 6.89. The Balaban J connectivity index is 1.43. The zero-order valence-corrected chi connectivity index (χ0v) is 12.7. The van der Waals surface area contributed by atoms with Crippen molar-refractivity contribution in [2.24, 2.45) is 0 Å². The summed E-state index contributed by atoms with van der Waals surface area (Å²) >= 11 is 1.36. The van der Waals surface area contributed by atoms with Gasteiger partial charge in [0.25, 0.3) is 11.1 Å². The van der Waals surface area contributed by atoms with Crippen LogP contribution in [0, 0.1) is 0 Å². The van der Waals surface area contributed by atoms with E-state index in [0.717, 1.165) is 11.3 Å². The number of thioether (sulfide) groups is 1. The average molecular weight is 325 g/mol. The second-order valence-corrected chi connectivity index (χ2v) is 5.55. The monoisotopic (exact) mass is 325 g/mol. The lowest BCUT2D eigenvalue weighted by Gasteiger charge is -1.94. The van der Waals surface area contributed by atoms with Crippen molar-refractivity contribution in [3.63, 3.8) is 0 Å². The molecule has 0 unspecified atom stereocenters. The van der Waals surface area contributed by atoms with Crippen molar-refractivity contribution in [3.8, 4) is 23.0 Å². The van der Waals surface area contributed by atoms with Crippen molar-refractivity contribution in [2.75, 3.05) is 0 Å². The van der Waals surface area contributed by atoms with Gasteiger partial charge in [-0.25, -0.2) is 4.98 Å². The highest BCUT2D eigenvalue weighted by Crippen LogP contribution is 2.27. The fraction of sp³-hybridized carbons (Fsp3) is 0.0625. The van der Waals surface area contributed by atoms with Crippen LogP contribution in [0.4, 0.5) is 0 Å². The van der Waals surface area contributed by atoms with Gasteiger partial charge in [-0.2, -0.15) is 0 Å². The van der Waals surface area contributed by atoms with Crippen molar-refractivity contribution in [1.29, 1.82) is 0 Å². The highest BCUT2D eigenvalue weighted by atomic mass is 32.2. The van der Waals surface area contributed by atoms with Crippen LogP contribution in [0.3, 0.4) is 0 Å². The Kier molecular flexibility index (Phi) is 3.69. The Labute approximate surface area is 135 Å². The number of oxazole rings is 1. The van der Waals surface area contributed by atoms with E-state index in [2.05, 4.69) is 15.2 Å². The van der Waals surface area contributed by atoms with Gasteiger partial charge in [-0.05, 0) is 12.1 Å². The molecule has 4 rings (SSSR count). The van der Waals surface area contributed by atoms with Gasteiger partial charge in [0.15, 0.2) is 11.5 Å². The van der Waals surface area contributed by atoms with Crippen LogP contribution in [-0.2, 0) is 5.75 Å². The number of aromatic nitrogens is 3. The molecule has 0 aliphatic carbocycles. The maximum absolute atomic E-state index is 5.73. The zero-order valence-electron chi connectivity index (χ0n) is 11.9. The Morgan fingerprint density at radius 1 is 0.913 bits per heavy atom. The summed E-state index contributed by atoms with van der Waals surface area (Å²) < 4.78 is 16.5. The van der Waals surface area contributed by atoms with Gasteiger partial charge in [-0.1, -0.05) is 42.1 Å². The van der Waals surface area contributed by atoms with Gasteiger partial charge < -0.3 is 13.3 Å². The second-order valence-electron chi connectivity index (χ2n) is 4.62. The van der Waals surface area contributed by atoms with E-state index in [0.29, 0.717) is 28.5 Å². The maximum atomic E-state index is 5.73. The van der Waals surface area contributed by atoms with Gasteiger partial charge in [-0.3, -0.25) is 0 Å². The minimum Gasteiger partial charge on any atom is -0.459 e. The largest absolute Gasteiger partial charge is 0.459 e. The lowest BCUT2D eigenvalue weighted by molar-refractivity contribution is 0.446. The normalized spacial score (nSPS) is 11.0. The fourth-order valence-corrected chi connectivity index (χ4v) is 2.62. The van der Waals surface area contributed by atoms with Crippen LogP contribution in [0.25, 0.3) is 23.0 Å². The van der Waals surface area contributed by atoms with E-state index in [1.165, 1.54) is 11.8 Å². The molecular formula is C16H11N3O3S. The molecule has 0 fully saturated rings. The van der Waals surface area contributed by atoms with Crippen LogP contribution in [0.15, 0.2) is 73.4 Å². The molecule has 0 atom stereocenters. The van der Waals surface area contributed by atoms with E-state index in [9.17, 15) is 0 Å². The smallest absolute Gasteiger partial charge is 0.284 e. The summed E-state index contributed by atoms with van der Waals surface area (Å²) in [5, 5.41) is 8.35. The van der Waals surface area contributed by atoms with Crippen LogP contribution in [0.2, 0.25) is 0 Å². The predicted octanol–water partition coefficient (Wildman–Crippen LogP) is 4.28. The van der Waals surface area contributed by atoms with Crippen molar-refractivity contribution in [3.05, 3.63) is 60.8 Å². The molecule has 0 saturated heterocycles. The fourth-order valence-electron chi connectivity index (χ4n) is 2.00. The predicted molar refractivity (Wildman–Crippen MR) is 83.5 cm³/mol. The first kappa shape index (κ1) is 13.8. The summed E-state index contributed by atoms with van der Waals surface area (Å²) in [4.78, 5) is 4.27. The molecule has 0 bridgehead atoms. The van der Waals surface area contributed by atoms with E-state index < -0.39 is 0 Å². The summed E-state index contributed by atoms with van der Waals surface area (Å²) in [6.07, 6.45) is 3.28. The molecule has 0 saturated carbocycles. The van der Waals surface area contributed by atoms with Crippen molar-refractivity contribution in [2.45, 2.75) is 11.0 Å². The third-order valence-corrected chi connectivity index (χ3v) is 3.87. The molecule has 0 radical (unpaired) electrons. The third kappa shape index (κ3) is 3.04. The number of furan rings is 1. The van der Waals surface area contributed by atoms with Crippen molar-refractivity contribution in [1.82, 2.24) is 15.2 Å². The molecule has 0 N–H and O–H groups in total. The zero-order chi connectivity index (χ0) is 15.5. The number of hydrogen-bond donors (Lipinski definition) is 0. The molecular weight excluding hydrogens is 314 g/mol. The molecule has 1 aromatic carbocycles. The van der Waals surface area contributed by atoms with Crippen molar-refractivity contribution < 1.29 is 13.3 Å². The van der Waals surface area contributed by atoms with Gasteiger partial charge in [-0.15, -0.1) is 10.2 Å². The van der Waals surface area contributed by atoms with Crippen LogP contribution in [0.5, 0.6) is 0 Å². The lowest BCUT2D eigenvalue weighted by atomic mass is 10.2. The van der Waals surface area contributed by atoms with E-state index >= 15 is 0 Å². The van der Waals surface area contributed by atoms with Gasteiger partial charge in [0.1, 0.15) is 0 Å². The molecule has 0 aliphatic heterocycles. The van der Waals surface area contributed by atoms with Crippen LogP contribution >= 0.6 is 11.8 Å². The Morgan fingerprint density at radius 3 is 2.65 bits per heavy atom. The van der Waals surface area contributed by atoms with Gasteiger partial charge in [0, 0.05) is 5.56 Å². The number of nitrogens with zero attached hydrogens (tertiary/aromatic N) is 3. The number of benzene rings is 1. The van der Waals surface area contributed by atoms with Crippen LogP contribution in [0.1, 0.15) is 5.89 Å². The van der Waals surface area contributed by atoms with E-state index in [4.69, 9.17) is 13.3 Å². The first-order chi connectivity index (χ1) is 11.4. The minimum absolute atomic E-state index is 0.356.